The third kappa shape index (κ3) is 2.81. The predicted molar refractivity (Wildman–Crippen MR) is 62.8 cm³/mol. The number of carboxylic acids is 1. The lowest BCUT2D eigenvalue weighted by atomic mass is 10.0. The van der Waals surface area contributed by atoms with Crippen molar-refractivity contribution in [2.45, 2.75) is 12.5 Å². The molecule has 102 valence electrons. The fraction of sp³-hybridized carbons (Fsp3) is 0.800. The second-order valence-corrected chi connectivity index (χ2v) is 7.00. The molecule has 1 unspecified atom stereocenters. The fourth-order valence-electron chi connectivity index (χ4n) is 2.25. The Balaban J connectivity index is 2.09. The minimum absolute atomic E-state index is 0.0317. The molecule has 2 rings (SSSR count). The number of carbonyl (C=O) groups is 2. The molecule has 0 aromatic heterocycles. The first-order valence-corrected chi connectivity index (χ1v) is 7.64. The summed E-state index contributed by atoms with van der Waals surface area (Å²) in [5.74, 6) is -1.67. The van der Waals surface area contributed by atoms with Crippen LogP contribution in [0.4, 0.5) is 0 Å². The van der Waals surface area contributed by atoms with Gasteiger partial charge in [0.1, 0.15) is 6.54 Å². The zero-order valence-corrected chi connectivity index (χ0v) is 10.6. The second-order valence-electron chi connectivity index (χ2n) is 4.77. The fourth-order valence-corrected chi connectivity index (χ4v) is 3.98. The smallest absolute Gasteiger partial charge is 0.323 e. The van der Waals surface area contributed by atoms with Gasteiger partial charge in [-0.15, -0.1) is 0 Å². The van der Waals surface area contributed by atoms with Crippen LogP contribution in [-0.4, -0.2) is 67.5 Å². The van der Waals surface area contributed by atoms with E-state index in [1.54, 1.807) is 0 Å². The number of aliphatic carboxylic acids is 1. The van der Waals surface area contributed by atoms with E-state index < -0.39 is 28.4 Å². The van der Waals surface area contributed by atoms with Crippen LogP contribution in [-0.2, 0) is 19.4 Å². The molecule has 1 atom stereocenters. The van der Waals surface area contributed by atoms with Gasteiger partial charge in [-0.05, 0) is 6.42 Å². The largest absolute Gasteiger partial charge is 0.480 e. The van der Waals surface area contributed by atoms with Gasteiger partial charge in [0.2, 0.25) is 5.91 Å². The lowest BCUT2D eigenvalue weighted by Gasteiger charge is -2.34. The van der Waals surface area contributed by atoms with Crippen LogP contribution in [0.5, 0.6) is 0 Å². The van der Waals surface area contributed by atoms with Gasteiger partial charge in [0.15, 0.2) is 9.84 Å². The van der Waals surface area contributed by atoms with E-state index in [0.717, 1.165) is 0 Å². The van der Waals surface area contributed by atoms with E-state index in [-0.39, 0.29) is 23.3 Å². The van der Waals surface area contributed by atoms with Crippen LogP contribution in [0.15, 0.2) is 0 Å². The first-order chi connectivity index (χ1) is 8.39. The van der Waals surface area contributed by atoms with Crippen molar-refractivity contribution in [3.63, 3.8) is 0 Å². The highest BCUT2D eigenvalue weighted by atomic mass is 32.2. The van der Waals surface area contributed by atoms with Crippen LogP contribution in [0.1, 0.15) is 6.42 Å². The number of amides is 1. The van der Waals surface area contributed by atoms with Crippen LogP contribution in [0.3, 0.4) is 0 Å². The monoisotopic (exact) mass is 276 g/mol. The molecule has 2 aliphatic rings. The van der Waals surface area contributed by atoms with Gasteiger partial charge in [-0.25, -0.2) is 8.42 Å². The summed E-state index contributed by atoms with van der Waals surface area (Å²) in [5.41, 5.74) is 0. The molecule has 0 radical (unpaired) electrons. The Labute approximate surface area is 105 Å². The summed E-state index contributed by atoms with van der Waals surface area (Å²) in [6, 6.07) is -0.487. The minimum Gasteiger partial charge on any atom is -0.480 e. The number of hydrogen-bond donors (Lipinski definition) is 2. The molecule has 2 fully saturated rings. The van der Waals surface area contributed by atoms with Crippen molar-refractivity contribution < 1.29 is 23.1 Å². The molecule has 2 aliphatic heterocycles. The number of carboxylic acid groups (broad SMARTS) is 1. The SMILES string of the molecule is O=C(O)CN(C(=O)C1CNC1)C1CCS(=O)(=O)C1. The lowest BCUT2D eigenvalue weighted by Crippen LogP contribution is -2.55. The Morgan fingerprint density at radius 2 is 2.00 bits per heavy atom. The van der Waals surface area contributed by atoms with Crippen molar-refractivity contribution in [2.24, 2.45) is 5.92 Å². The highest BCUT2D eigenvalue weighted by molar-refractivity contribution is 7.91. The lowest BCUT2D eigenvalue weighted by molar-refractivity contribution is -0.148. The minimum atomic E-state index is -3.13. The van der Waals surface area contributed by atoms with Crippen LogP contribution in [0.25, 0.3) is 0 Å². The number of carbonyl (C=O) groups excluding carboxylic acids is 1. The van der Waals surface area contributed by atoms with Crippen molar-refractivity contribution in [1.29, 1.82) is 0 Å². The average molecular weight is 276 g/mol. The molecular weight excluding hydrogens is 260 g/mol. The van der Waals surface area contributed by atoms with Crippen LogP contribution < -0.4 is 5.32 Å². The molecule has 0 aliphatic carbocycles. The van der Waals surface area contributed by atoms with Crippen molar-refractivity contribution in [2.75, 3.05) is 31.1 Å². The Morgan fingerprint density at radius 3 is 2.39 bits per heavy atom. The zero-order chi connectivity index (χ0) is 13.3. The van der Waals surface area contributed by atoms with Crippen molar-refractivity contribution in [3.8, 4) is 0 Å². The number of nitrogens with zero attached hydrogens (tertiary/aromatic N) is 1. The summed E-state index contributed by atoms with van der Waals surface area (Å²) in [7, 11) is -3.13. The highest BCUT2D eigenvalue weighted by Gasteiger charge is 2.39. The molecule has 1 amide bonds. The van der Waals surface area contributed by atoms with Crippen LogP contribution >= 0.6 is 0 Å². The number of nitrogens with one attached hydrogen (secondary N) is 1. The number of hydrogen-bond acceptors (Lipinski definition) is 5. The van der Waals surface area contributed by atoms with Crippen LogP contribution in [0, 0.1) is 5.92 Å². The summed E-state index contributed by atoms with van der Waals surface area (Å²) >= 11 is 0. The van der Waals surface area contributed by atoms with Crippen molar-refractivity contribution in [1.82, 2.24) is 10.2 Å². The highest BCUT2D eigenvalue weighted by Crippen LogP contribution is 2.20. The first kappa shape index (κ1) is 13.3. The van der Waals surface area contributed by atoms with E-state index in [1.807, 2.05) is 0 Å². The maximum absolute atomic E-state index is 12.1. The Hall–Kier alpha value is -1.15. The Bertz CT molecular complexity index is 457. The third-order valence-corrected chi connectivity index (χ3v) is 5.12. The van der Waals surface area contributed by atoms with Crippen molar-refractivity contribution >= 4 is 21.7 Å². The summed E-state index contributed by atoms with van der Waals surface area (Å²) in [5, 5.41) is 11.8. The van der Waals surface area contributed by atoms with Gasteiger partial charge in [-0.3, -0.25) is 9.59 Å². The van der Waals surface area contributed by atoms with Gasteiger partial charge in [0.05, 0.1) is 17.4 Å². The van der Waals surface area contributed by atoms with E-state index in [4.69, 9.17) is 5.11 Å². The zero-order valence-electron chi connectivity index (χ0n) is 9.83. The van der Waals surface area contributed by atoms with E-state index >= 15 is 0 Å². The summed E-state index contributed by atoms with van der Waals surface area (Å²) in [6.07, 6.45) is 0.335. The molecule has 0 bridgehead atoms. The van der Waals surface area contributed by atoms with E-state index in [0.29, 0.717) is 19.5 Å². The molecule has 2 heterocycles. The molecule has 0 aromatic rings. The third-order valence-electron chi connectivity index (χ3n) is 3.37. The molecule has 0 saturated carbocycles. The maximum Gasteiger partial charge on any atom is 0.323 e. The molecule has 0 aromatic carbocycles. The van der Waals surface area contributed by atoms with Gasteiger partial charge in [-0.2, -0.15) is 0 Å². The Kier molecular flexibility index (Phi) is 3.58. The van der Waals surface area contributed by atoms with Gasteiger partial charge in [0.25, 0.3) is 0 Å². The second kappa shape index (κ2) is 4.85. The van der Waals surface area contributed by atoms with Crippen LogP contribution in [0.2, 0.25) is 0 Å². The number of sulfone groups is 1. The molecule has 8 heteroatoms. The predicted octanol–water partition coefficient (Wildman–Crippen LogP) is -1.69. The van der Waals surface area contributed by atoms with E-state index in [9.17, 15) is 18.0 Å². The molecule has 7 nitrogen and oxygen atoms in total. The topological polar surface area (TPSA) is 104 Å². The molecule has 2 saturated heterocycles. The molecule has 0 spiro atoms. The van der Waals surface area contributed by atoms with Gasteiger partial charge < -0.3 is 15.3 Å². The first-order valence-electron chi connectivity index (χ1n) is 5.82. The summed E-state index contributed by atoms with van der Waals surface area (Å²) < 4.78 is 22.8. The summed E-state index contributed by atoms with van der Waals surface area (Å²) in [4.78, 5) is 24.1. The molecule has 18 heavy (non-hydrogen) atoms. The normalized spacial score (nSPS) is 26.6. The van der Waals surface area contributed by atoms with Gasteiger partial charge in [0, 0.05) is 19.1 Å². The quantitative estimate of drug-likeness (QED) is 0.635. The number of rotatable bonds is 4. The van der Waals surface area contributed by atoms with Gasteiger partial charge in [-0.1, -0.05) is 0 Å². The van der Waals surface area contributed by atoms with E-state index in [1.165, 1.54) is 4.90 Å². The average Bonchev–Trinajstić information content (AvgIpc) is 2.52. The van der Waals surface area contributed by atoms with Crippen molar-refractivity contribution in [3.05, 3.63) is 0 Å². The van der Waals surface area contributed by atoms with Gasteiger partial charge >= 0.3 is 5.97 Å². The summed E-state index contributed by atoms with van der Waals surface area (Å²) in [6.45, 7) is 0.651. The molecular formula is C10H16N2O5S. The molecule has 2 N–H and O–H groups in total. The maximum atomic E-state index is 12.1. The Morgan fingerprint density at radius 1 is 1.33 bits per heavy atom. The van der Waals surface area contributed by atoms with E-state index in [2.05, 4.69) is 5.32 Å². The standard InChI is InChI=1S/C10H16N2O5S/c13-9(14)5-12(10(15)7-3-11-4-7)8-1-2-18(16,17)6-8/h7-8,11H,1-6H2,(H,13,14).